The number of nitrogens with two attached hydrogens (primary N) is 1. The van der Waals surface area contributed by atoms with E-state index < -0.39 is 17.9 Å². The first-order valence-corrected chi connectivity index (χ1v) is 10.2. The van der Waals surface area contributed by atoms with Gasteiger partial charge in [0.2, 0.25) is 11.8 Å². The van der Waals surface area contributed by atoms with Crippen molar-refractivity contribution in [3.05, 3.63) is 64.4 Å². The van der Waals surface area contributed by atoms with Gasteiger partial charge in [0, 0.05) is 36.7 Å². The summed E-state index contributed by atoms with van der Waals surface area (Å²) in [6.07, 6.45) is 2.67. The number of carboxylic acid groups (broad SMARTS) is 1. The Bertz CT molecular complexity index is 895. The van der Waals surface area contributed by atoms with Gasteiger partial charge in [0.15, 0.2) is 11.9 Å². The molecular weight excluding hydrogens is 422 g/mol. The molecule has 0 spiro atoms. The van der Waals surface area contributed by atoms with E-state index in [9.17, 15) is 14.4 Å². The minimum atomic E-state index is -1.07. The van der Waals surface area contributed by atoms with Crippen LogP contribution in [0.4, 0.5) is 0 Å². The van der Waals surface area contributed by atoms with Gasteiger partial charge < -0.3 is 21.5 Å². The van der Waals surface area contributed by atoms with Crippen molar-refractivity contribution in [3.63, 3.8) is 0 Å². The van der Waals surface area contributed by atoms with E-state index in [4.69, 9.17) is 22.4 Å². The van der Waals surface area contributed by atoms with Crippen LogP contribution in [0.15, 0.2) is 42.6 Å². The van der Waals surface area contributed by atoms with Crippen LogP contribution < -0.4 is 26.7 Å². The van der Waals surface area contributed by atoms with Gasteiger partial charge >= 0.3 is 5.97 Å². The fourth-order valence-electron chi connectivity index (χ4n) is 2.93. The number of carboxylic acids is 1. The van der Waals surface area contributed by atoms with Gasteiger partial charge in [0.05, 0.1) is 19.1 Å². The quantitative estimate of drug-likeness (QED) is 0.309. The van der Waals surface area contributed by atoms with Crippen molar-refractivity contribution >= 4 is 29.4 Å². The number of aromatic amines is 1. The van der Waals surface area contributed by atoms with Crippen LogP contribution in [-0.2, 0) is 33.9 Å². The third-order valence-corrected chi connectivity index (χ3v) is 4.81. The van der Waals surface area contributed by atoms with Gasteiger partial charge in [-0.2, -0.15) is 0 Å². The van der Waals surface area contributed by atoms with Crippen LogP contribution in [0.5, 0.6) is 0 Å². The number of H-pyrrole nitrogens is 1. The minimum Gasteiger partial charge on any atom is -0.480 e. The Hall–Kier alpha value is -3.01. The molecule has 10 heteroatoms. The molecule has 1 atom stereocenters. The number of aliphatic carboxylic acids is 1. The number of aromatic nitrogens is 1. The lowest BCUT2D eigenvalue weighted by Crippen LogP contribution is -2.48. The topological polar surface area (TPSA) is 148 Å². The van der Waals surface area contributed by atoms with Crippen LogP contribution in [-0.4, -0.2) is 42.0 Å². The van der Waals surface area contributed by atoms with Crippen molar-refractivity contribution in [2.45, 2.75) is 32.0 Å². The third kappa shape index (κ3) is 8.71. The maximum atomic E-state index is 12.5. The molecule has 31 heavy (non-hydrogen) atoms. The largest absolute Gasteiger partial charge is 0.480 e. The van der Waals surface area contributed by atoms with Crippen molar-refractivity contribution in [1.29, 1.82) is 0 Å². The summed E-state index contributed by atoms with van der Waals surface area (Å²) in [7, 11) is 0. The maximum absolute atomic E-state index is 12.5. The summed E-state index contributed by atoms with van der Waals surface area (Å²) < 4.78 is 0. The molecule has 0 saturated carbocycles. The number of carbonyl (C=O) groups excluding carboxylic acids is 2. The van der Waals surface area contributed by atoms with Crippen LogP contribution in [0.25, 0.3) is 0 Å². The highest BCUT2D eigenvalue weighted by Crippen LogP contribution is 2.15. The molecule has 1 unspecified atom stereocenters. The van der Waals surface area contributed by atoms with E-state index in [0.717, 1.165) is 16.8 Å². The summed E-state index contributed by atoms with van der Waals surface area (Å²) in [4.78, 5) is 38.6. The zero-order valence-corrected chi connectivity index (χ0v) is 17.7. The summed E-state index contributed by atoms with van der Waals surface area (Å²) in [5.41, 5.74) is 8.27. The molecule has 0 aliphatic carbocycles. The van der Waals surface area contributed by atoms with E-state index in [1.54, 1.807) is 24.4 Å². The molecule has 0 aliphatic rings. The number of aryl methyl sites for hydroxylation is 1. The summed E-state index contributed by atoms with van der Waals surface area (Å²) >= 11 is 5.99. The molecule has 2 amide bonds. The van der Waals surface area contributed by atoms with E-state index in [-0.39, 0.29) is 25.5 Å². The Morgan fingerprint density at radius 1 is 1.10 bits per heavy atom. The molecule has 7 N–H and O–H groups in total. The van der Waals surface area contributed by atoms with Crippen molar-refractivity contribution in [2.24, 2.45) is 5.73 Å². The highest BCUT2D eigenvalue weighted by molar-refractivity contribution is 6.30. The van der Waals surface area contributed by atoms with Gasteiger partial charge in [-0.25, -0.2) is 4.98 Å². The van der Waals surface area contributed by atoms with Gasteiger partial charge in [-0.05, 0) is 29.7 Å². The van der Waals surface area contributed by atoms with E-state index >= 15 is 0 Å². The lowest BCUT2D eigenvalue weighted by molar-refractivity contribution is -0.390. The molecule has 1 heterocycles. The van der Waals surface area contributed by atoms with Crippen molar-refractivity contribution in [2.75, 3.05) is 13.1 Å². The Labute approximate surface area is 185 Å². The number of benzene rings is 1. The fraction of sp³-hybridized carbons (Fsp3) is 0.333. The molecule has 2 rings (SSSR count). The molecule has 1 aromatic heterocycles. The Morgan fingerprint density at radius 3 is 2.58 bits per heavy atom. The third-order valence-electron chi connectivity index (χ3n) is 4.58. The smallest absolute Gasteiger partial charge is 0.317 e. The number of halogens is 1. The van der Waals surface area contributed by atoms with Gasteiger partial charge in [-0.1, -0.05) is 23.7 Å². The number of carbonyl (C=O) groups is 3. The molecule has 2 aromatic rings. The standard InChI is InChI=1S/C21H26ClN5O4/c22-16-5-4-14(10-23)15(9-16)11-26-19(28)12-27-21(31)18(25-13-20(29)30)7-6-17-3-1-2-8-24-17/h1-5,8-9,18,25H,6-7,10-13,23H2,(H,26,28)(H,27,31)(H,29,30)/p+1. The molecule has 166 valence electrons. The first-order chi connectivity index (χ1) is 14.9. The second-order valence-corrected chi connectivity index (χ2v) is 7.30. The monoisotopic (exact) mass is 448 g/mol. The second-order valence-electron chi connectivity index (χ2n) is 6.87. The van der Waals surface area contributed by atoms with Crippen molar-refractivity contribution < 1.29 is 24.5 Å². The van der Waals surface area contributed by atoms with E-state index in [0.29, 0.717) is 24.4 Å². The van der Waals surface area contributed by atoms with E-state index in [1.165, 1.54) is 0 Å². The predicted molar refractivity (Wildman–Crippen MR) is 115 cm³/mol. The van der Waals surface area contributed by atoms with E-state index in [1.807, 2.05) is 18.2 Å². The summed E-state index contributed by atoms with van der Waals surface area (Å²) in [6, 6.07) is 10.1. The lowest BCUT2D eigenvalue weighted by Gasteiger charge is -2.17. The average molecular weight is 449 g/mol. The Balaban J connectivity index is 1.86. The lowest BCUT2D eigenvalue weighted by atomic mass is 10.1. The number of pyridine rings is 1. The molecule has 0 radical (unpaired) electrons. The first kappa shape index (κ1) is 24.3. The molecular formula is C21H27ClN5O4+. The van der Waals surface area contributed by atoms with Crippen molar-refractivity contribution in [1.82, 2.24) is 16.0 Å². The highest BCUT2D eigenvalue weighted by atomic mass is 35.5. The van der Waals surface area contributed by atoms with Gasteiger partial charge in [0.1, 0.15) is 0 Å². The fourth-order valence-corrected chi connectivity index (χ4v) is 3.12. The zero-order chi connectivity index (χ0) is 22.6. The molecule has 0 bridgehead atoms. The summed E-state index contributed by atoms with van der Waals surface area (Å²) in [5, 5.41) is 17.4. The average Bonchev–Trinajstić information content (AvgIpc) is 2.76. The number of nitrogens with one attached hydrogen (secondary N) is 4. The van der Waals surface area contributed by atoms with Gasteiger partial charge in [-0.3, -0.25) is 19.7 Å². The van der Waals surface area contributed by atoms with Crippen LogP contribution in [0.1, 0.15) is 23.2 Å². The minimum absolute atomic E-state index is 0.229. The van der Waals surface area contributed by atoms with Crippen LogP contribution in [0, 0.1) is 0 Å². The summed E-state index contributed by atoms with van der Waals surface area (Å²) in [5.74, 6) is -1.90. The highest BCUT2D eigenvalue weighted by Gasteiger charge is 2.20. The molecule has 9 nitrogen and oxygen atoms in total. The number of hydrogen-bond acceptors (Lipinski definition) is 5. The maximum Gasteiger partial charge on any atom is 0.317 e. The van der Waals surface area contributed by atoms with Crippen LogP contribution in [0.3, 0.4) is 0 Å². The number of rotatable bonds is 12. The van der Waals surface area contributed by atoms with Gasteiger partial charge in [0.25, 0.3) is 0 Å². The predicted octanol–water partition coefficient (Wildman–Crippen LogP) is 0.0208. The number of hydrogen-bond donors (Lipinski definition) is 5. The number of amides is 2. The molecule has 1 aromatic carbocycles. The molecule has 0 fully saturated rings. The van der Waals surface area contributed by atoms with Crippen LogP contribution >= 0.6 is 11.6 Å². The molecule has 0 aliphatic heterocycles. The van der Waals surface area contributed by atoms with Gasteiger partial charge in [-0.15, -0.1) is 0 Å². The van der Waals surface area contributed by atoms with Crippen LogP contribution in [0.2, 0.25) is 5.02 Å². The van der Waals surface area contributed by atoms with Crippen molar-refractivity contribution in [3.8, 4) is 0 Å². The summed E-state index contributed by atoms with van der Waals surface area (Å²) in [6.45, 7) is -0.0549. The second kappa shape index (κ2) is 12.6. The Morgan fingerprint density at radius 2 is 1.90 bits per heavy atom. The normalized spacial score (nSPS) is 11.5. The Kier molecular flexibility index (Phi) is 9.89. The zero-order valence-electron chi connectivity index (χ0n) is 17.0. The first-order valence-electron chi connectivity index (χ1n) is 9.81. The SMILES string of the molecule is NCc1ccc(Cl)cc1CNC(=O)CNC(=O)C(CCc1cccc[nH+]1)NCC(=O)O. The molecule has 0 saturated heterocycles. The van der Waals surface area contributed by atoms with E-state index in [2.05, 4.69) is 20.9 Å².